The van der Waals surface area contributed by atoms with Crippen molar-refractivity contribution < 1.29 is 14.7 Å². The number of aliphatic carboxylic acids is 1. The number of allylic oxidation sites excluding steroid dienone is 1. The number of rotatable bonds is 13. The molecular formula is C20H29NO3. The Morgan fingerprint density at radius 2 is 1.71 bits per heavy atom. The van der Waals surface area contributed by atoms with Crippen molar-refractivity contribution in [2.75, 3.05) is 0 Å². The summed E-state index contributed by atoms with van der Waals surface area (Å²) in [6, 6.07) is 6.19. The van der Waals surface area contributed by atoms with Gasteiger partial charge in [0.25, 0.3) is 0 Å². The number of benzene rings is 1. The van der Waals surface area contributed by atoms with E-state index in [0.29, 0.717) is 12.0 Å². The molecule has 0 fully saturated rings. The second-order valence-electron chi connectivity index (χ2n) is 6.18. The number of carboxylic acids is 1. The first-order valence-electron chi connectivity index (χ1n) is 8.76. The monoisotopic (exact) mass is 331 g/mol. The van der Waals surface area contributed by atoms with E-state index in [9.17, 15) is 9.59 Å². The van der Waals surface area contributed by atoms with Crippen LogP contribution in [0, 0.1) is 0 Å². The summed E-state index contributed by atoms with van der Waals surface area (Å²) >= 11 is 0. The Bertz CT molecular complexity index is 539. The maximum absolute atomic E-state index is 12.4. The molecule has 1 rings (SSSR count). The molecule has 0 aliphatic carbocycles. The van der Waals surface area contributed by atoms with Crippen LogP contribution in [0.1, 0.15) is 67.3 Å². The second kappa shape index (κ2) is 11.6. The largest absolute Gasteiger partial charge is 0.480 e. The van der Waals surface area contributed by atoms with E-state index in [0.717, 1.165) is 31.2 Å². The zero-order valence-corrected chi connectivity index (χ0v) is 14.4. The highest BCUT2D eigenvalue weighted by atomic mass is 16.4. The van der Waals surface area contributed by atoms with Gasteiger partial charge in [-0.2, -0.15) is 0 Å². The van der Waals surface area contributed by atoms with Gasteiger partial charge in [0.05, 0.1) is 0 Å². The van der Waals surface area contributed by atoms with Crippen LogP contribution in [0.5, 0.6) is 0 Å². The molecule has 0 aliphatic rings. The van der Waals surface area contributed by atoms with Gasteiger partial charge in [0.15, 0.2) is 5.78 Å². The van der Waals surface area contributed by atoms with Crippen molar-refractivity contribution in [3.05, 3.63) is 48.0 Å². The second-order valence-corrected chi connectivity index (χ2v) is 6.18. The Morgan fingerprint density at radius 3 is 2.38 bits per heavy atom. The topological polar surface area (TPSA) is 80.4 Å². The quantitative estimate of drug-likeness (QED) is 0.323. The Morgan fingerprint density at radius 1 is 1.08 bits per heavy atom. The highest BCUT2D eigenvalue weighted by molar-refractivity contribution is 5.97. The number of carbonyl (C=O) groups excluding carboxylic acids is 1. The summed E-state index contributed by atoms with van der Waals surface area (Å²) in [6.07, 6.45) is 10.4. The highest BCUT2D eigenvalue weighted by Gasteiger charge is 2.17. The molecule has 0 aromatic heterocycles. The lowest BCUT2D eigenvalue weighted by Crippen LogP contribution is -2.32. The van der Waals surface area contributed by atoms with Gasteiger partial charge in [0.1, 0.15) is 6.04 Å². The number of Topliss-reactive ketones (excluding diaryl/α,β-unsaturated/α-hetero) is 1. The molecule has 3 N–H and O–H groups in total. The molecule has 0 saturated carbocycles. The normalized spacial score (nSPS) is 11.9. The van der Waals surface area contributed by atoms with Gasteiger partial charge in [-0.1, -0.05) is 56.0 Å². The van der Waals surface area contributed by atoms with Gasteiger partial charge in [-0.05, 0) is 31.2 Å². The van der Waals surface area contributed by atoms with Crippen molar-refractivity contribution in [2.24, 2.45) is 5.73 Å². The molecule has 0 unspecified atom stereocenters. The SMILES string of the molecule is C=CCCCCCCCCC(=O)c1ccccc1C[C@H](N)C(=O)O. The number of ketones is 1. The van der Waals surface area contributed by atoms with Crippen LogP contribution in [0.4, 0.5) is 0 Å². The summed E-state index contributed by atoms with van der Waals surface area (Å²) in [7, 11) is 0. The van der Waals surface area contributed by atoms with E-state index in [-0.39, 0.29) is 12.2 Å². The van der Waals surface area contributed by atoms with Crippen LogP contribution < -0.4 is 5.73 Å². The predicted molar refractivity (Wildman–Crippen MR) is 97.2 cm³/mol. The van der Waals surface area contributed by atoms with Crippen molar-refractivity contribution in [1.29, 1.82) is 0 Å². The standard InChI is InChI=1S/C20H29NO3/c1-2-3-4-5-6-7-8-9-14-19(22)17-13-11-10-12-16(17)15-18(21)20(23)24/h2,10-13,18H,1,3-9,14-15,21H2,(H,23,24)/t18-/m0/s1. The number of carboxylic acid groups (broad SMARTS) is 1. The molecule has 4 nitrogen and oxygen atoms in total. The van der Waals surface area contributed by atoms with Crippen molar-refractivity contribution >= 4 is 11.8 Å². The first kappa shape index (κ1) is 20.1. The number of nitrogens with two attached hydrogens (primary N) is 1. The first-order chi connectivity index (χ1) is 11.6. The van der Waals surface area contributed by atoms with Gasteiger partial charge in [-0.3, -0.25) is 9.59 Å². The van der Waals surface area contributed by atoms with Gasteiger partial charge >= 0.3 is 5.97 Å². The summed E-state index contributed by atoms with van der Waals surface area (Å²) < 4.78 is 0. The number of carbonyl (C=O) groups is 2. The lowest BCUT2D eigenvalue weighted by Gasteiger charge is -2.11. The van der Waals surface area contributed by atoms with E-state index in [1.54, 1.807) is 12.1 Å². The molecular weight excluding hydrogens is 302 g/mol. The summed E-state index contributed by atoms with van der Waals surface area (Å²) in [5, 5.41) is 8.94. The minimum atomic E-state index is -1.05. The smallest absolute Gasteiger partial charge is 0.320 e. The summed E-state index contributed by atoms with van der Waals surface area (Å²) in [5.41, 5.74) is 6.93. The van der Waals surface area contributed by atoms with Crippen LogP contribution >= 0.6 is 0 Å². The van der Waals surface area contributed by atoms with Crippen molar-refractivity contribution in [1.82, 2.24) is 0 Å². The van der Waals surface area contributed by atoms with E-state index >= 15 is 0 Å². The zero-order valence-electron chi connectivity index (χ0n) is 14.4. The lowest BCUT2D eigenvalue weighted by molar-refractivity contribution is -0.138. The molecule has 0 saturated heterocycles. The molecule has 0 radical (unpaired) electrons. The number of hydrogen-bond donors (Lipinski definition) is 2. The number of unbranched alkanes of at least 4 members (excludes halogenated alkanes) is 6. The Labute approximate surface area is 144 Å². The van der Waals surface area contributed by atoms with Crippen LogP contribution in [-0.2, 0) is 11.2 Å². The minimum Gasteiger partial charge on any atom is -0.480 e. The lowest BCUT2D eigenvalue weighted by atomic mass is 9.95. The third-order valence-corrected chi connectivity index (χ3v) is 4.14. The van der Waals surface area contributed by atoms with Gasteiger partial charge in [0, 0.05) is 12.0 Å². The van der Waals surface area contributed by atoms with Crippen LogP contribution in [0.2, 0.25) is 0 Å². The molecule has 0 bridgehead atoms. The third-order valence-electron chi connectivity index (χ3n) is 4.14. The summed E-state index contributed by atoms with van der Waals surface area (Å²) in [6.45, 7) is 3.71. The molecule has 4 heteroatoms. The van der Waals surface area contributed by atoms with Gasteiger partial charge in [-0.15, -0.1) is 6.58 Å². The fraction of sp³-hybridized carbons (Fsp3) is 0.500. The van der Waals surface area contributed by atoms with Crippen molar-refractivity contribution in [3.8, 4) is 0 Å². The van der Waals surface area contributed by atoms with Gasteiger partial charge < -0.3 is 10.8 Å². The fourth-order valence-corrected chi connectivity index (χ4v) is 2.71. The van der Waals surface area contributed by atoms with Crippen LogP contribution in [-0.4, -0.2) is 22.9 Å². The highest BCUT2D eigenvalue weighted by Crippen LogP contribution is 2.16. The van der Waals surface area contributed by atoms with E-state index < -0.39 is 12.0 Å². The average molecular weight is 331 g/mol. The molecule has 0 aliphatic heterocycles. The fourth-order valence-electron chi connectivity index (χ4n) is 2.71. The summed E-state index contributed by atoms with van der Waals surface area (Å²) in [5.74, 6) is -0.969. The number of hydrogen-bond acceptors (Lipinski definition) is 3. The van der Waals surface area contributed by atoms with E-state index in [2.05, 4.69) is 6.58 Å². The minimum absolute atomic E-state index is 0.0786. The molecule has 0 spiro atoms. The maximum atomic E-state index is 12.4. The molecule has 24 heavy (non-hydrogen) atoms. The average Bonchev–Trinajstić information content (AvgIpc) is 2.57. The van der Waals surface area contributed by atoms with Gasteiger partial charge in [0.2, 0.25) is 0 Å². The summed E-state index contributed by atoms with van der Waals surface area (Å²) in [4.78, 5) is 23.3. The molecule has 0 heterocycles. The van der Waals surface area contributed by atoms with Crippen LogP contribution in [0.25, 0.3) is 0 Å². The van der Waals surface area contributed by atoms with Crippen molar-refractivity contribution in [2.45, 2.75) is 63.8 Å². The van der Waals surface area contributed by atoms with Gasteiger partial charge in [-0.25, -0.2) is 0 Å². The molecule has 132 valence electrons. The molecule has 0 amide bonds. The van der Waals surface area contributed by atoms with Crippen LogP contribution in [0.15, 0.2) is 36.9 Å². The van der Waals surface area contributed by atoms with E-state index in [4.69, 9.17) is 10.8 Å². The first-order valence-corrected chi connectivity index (χ1v) is 8.76. The molecule has 1 aromatic rings. The maximum Gasteiger partial charge on any atom is 0.320 e. The Hall–Kier alpha value is -1.94. The van der Waals surface area contributed by atoms with Crippen LogP contribution in [0.3, 0.4) is 0 Å². The van der Waals surface area contributed by atoms with E-state index in [1.807, 2.05) is 18.2 Å². The molecule has 1 atom stereocenters. The Balaban J connectivity index is 2.39. The van der Waals surface area contributed by atoms with E-state index in [1.165, 1.54) is 19.3 Å². The Kier molecular flexibility index (Phi) is 9.70. The zero-order chi connectivity index (χ0) is 17.8. The van der Waals surface area contributed by atoms with Crippen molar-refractivity contribution in [3.63, 3.8) is 0 Å². The molecule has 1 aromatic carbocycles. The third kappa shape index (κ3) is 7.55. The predicted octanol–water partition coefficient (Wildman–Crippen LogP) is 4.13.